The summed E-state index contributed by atoms with van der Waals surface area (Å²) in [6.07, 6.45) is 5.09. The summed E-state index contributed by atoms with van der Waals surface area (Å²) >= 11 is 0. The Morgan fingerprint density at radius 1 is 1.44 bits per heavy atom. The van der Waals surface area contributed by atoms with Crippen LogP contribution in [0.2, 0.25) is 0 Å². The monoisotopic (exact) mass is 221 g/mol. The number of amides is 1. The number of nitrogens with two attached hydrogens (primary N) is 1. The van der Waals surface area contributed by atoms with Crippen molar-refractivity contribution in [3.8, 4) is 0 Å². The predicted molar refractivity (Wildman–Crippen MR) is 53.9 cm³/mol. The van der Waals surface area contributed by atoms with Crippen LogP contribution in [0.3, 0.4) is 0 Å². The van der Waals surface area contributed by atoms with Crippen LogP contribution in [0.25, 0.3) is 0 Å². The summed E-state index contributed by atoms with van der Waals surface area (Å²) in [5.74, 6) is 4.52. The number of nitrogen functional groups attached to an aromatic ring is 1. The van der Waals surface area contributed by atoms with Crippen molar-refractivity contribution in [2.75, 3.05) is 0 Å². The molecule has 0 saturated carbocycles. The Labute approximate surface area is 91.0 Å². The average molecular weight is 221 g/mol. The molecule has 0 aliphatic heterocycles. The van der Waals surface area contributed by atoms with E-state index in [1.165, 1.54) is 6.20 Å². The van der Waals surface area contributed by atoms with E-state index < -0.39 is 5.91 Å². The van der Waals surface area contributed by atoms with Gasteiger partial charge < -0.3 is 0 Å². The maximum absolute atomic E-state index is 11.1. The minimum atomic E-state index is -0.453. The number of carbonyl (C=O) groups is 1. The first-order chi connectivity index (χ1) is 7.79. The summed E-state index contributed by atoms with van der Waals surface area (Å²) in [6.45, 7) is 1.26. The van der Waals surface area contributed by atoms with Gasteiger partial charge in [0.2, 0.25) is 0 Å². The van der Waals surface area contributed by atoms with Gasteiger partial charge in [0.05, 0.1) is 19.3 Å². The molecule has 0 aromatic carbocycles. The van der Waals surface area contributed by atoms with Crippen LogP contribution in [0.15, 0.2) is 24.7 Å². The van der Waals surface area contributed by atoms with E-state index in [4.69, 9.17) is 5.84 Å². The van der Waals surface area contributed by atoms with Crippen LogP contribution in [0.5, 0.6) is 0 Å². The molecule has 2 aromatic rings. The molecular weight excluding hydrogens is 210 g/mol. The molecule has 0 radical (unpaired) electrons. The maximum Gasteiger partial charge on any atom is 0.287 e. The van der Waals surface area contributed by atoms with E-state index in [-0.39, 0.29) is 5.69 Å². The quantitative estimate of drug-likeness (QED) is 0.382. The van der Waals surface area contributed by atoms with E-state index in [9.17, 15) is 4.79 Å². The molecule has 2 aromatic heterocycles. The van der Waals surface area contributed by atoms with Crippen LogP contribution >= 0.6 is 0 Å². The minimum Gasteiger partial charge on any atom is -0.289 e. The molecule has 0 fully saturated rings. The summed E-state index contributed by atoms with van der Waals surface area (Å²) in [5, 5.41) is 11.5. The zero-order valence-electron chi connectivity index (χ0n) is 8.45. The third-order valence-corrected chi connectivity index (χ3v) is 2.02. The molecule has 0 saturated heterocycles. The Bertz CT molecular complexity index is 460. The number of carbonyl (C=O) groups excluding carboxylic acids is 1. The van der Waals surface area contributed by atoms with Gasteiger partial charge in [-0.25, -0.2) is 10.5 Å². The number of aromatic nitrogens is 5. The van der Waals surface area contributed by atoms with Crippen molar-refractivity contribution >= 4 is 5.91 Å². The third-order valence-electron chi connectivity index (χ3n) is 2.02. The van der Waals surface area contributed by atoms with Crippen LogP contribution in [-0.4, -0.2) is 30.7 Å². The van der Waals surface area contributed by atoms with Gasteiger partial charge in [0, 0.05) is 12.4 Å². The van der Waals surface area contributed by atoms with Gasteiger partial charge in [-0.15, -0.1) is 5.10 Å². The number of aryl methyl sites for hydroxylation is 2. The number of hydrogen-bond acceptors (Lipinski definition) is 5. The molecule has 84 valence electrons. The van der Waals surface area contributed by atoms with Crippen LogP contribution in [-0.2, 0) is 13.1 Å². The molecule has 16 heavy (non-hydrogen) atoms. The average Bonchev–Trinajstić information content (AvgIpc) is 2.96. The summed E-state index contributed by atoms with van der Waals surface area (Å²) < 4.78 is 3.33. The molecule has 0 aliphatic rings. The lowest BCUT2D eigenvalue weighted by Crippen LogP contribution is -2.30. The smallest absolute Gasteiger partial charge is 0.287 e. The first-order valence-corrected chi connectivity index (χ1v) is 4.68. The van der Waals surface area contributed by atoms with Crippen molar-refractivity contribution in [3.05, 3.63) is 30.4 Å². The molecule has 0 unspecified atom stereocenters. The van der Waals surface area contributed by atoms with Crippen LogP contribution < -0.4 is 11.3 Å². The molecule has 0 aliphatic carbocycles. The number of nitrogens with one attached hydrogen (secondary N) is 1. The Balaban J connectivity index is 1.95. The van der Waals surface area contributed by atoms with Gasteiger partial charge in [-0.05, 0) is 6.07 Å². The first-order valence-electron chi connectivity index (χ1n) is 4.68. The SMILES string of the molecule is NNC(=O)c1cn(CCn2cccn2)nn1. The molecule has 2 rings (SSSR count). The van der Waals surface area contributed by atoms with Gasteiger partial charge in [0.15, 0.2) is 5.69 Å². The summed E-state index contributed by atoms with van der Waals surface area (Å²) in [6, 6.07) is 1.84. The Kier molecular flexibility index (Phi) is 2.92. The summed E-state index contributed by atoms with van der Waals surface area (Å²) in [5.41, 5.74) is 2.19. The molecule has 0 bridgehead atoms. The van der Waals surface area contributed by atoms with Gasteiger partial charge in [-0.1, -0.05) is 5.21 Å². The van der Waals surface area contributed by atoms with Gasteiger partial charge in [-0.2, -0.15) is 5.10 Å². The van der Waals surface area contributed by atoms with Crippen molar-refractivity contribution in [3.63, 3.8) is 0 Å². The Hall–Kier alpha value is -2.22. The second-order valence-electron chi connectivity index (χ2n) is 3.11. The van der Waals surface area contributed by atoms with E-state index in [2.05, 4.69) is 15.4 Å². The Morgan fingerprint density at radius 2 is 2.25 bits per heavy atom. The fourth-order valence-corrected chi connectivity index (χ4v) is 1.22. The Morgan fingerprint density at radius 3 is 2.94 bits per heavy atom. The second kappa shape index (κ2) is 4.53. The van der Waals surface area contributed by atoms with Crippen molar-refractivity contribution in [2.24, 2.45) is 5.84 Å². The molecular formula is C8H11N7O. The lowest BCUT2D eigenvalue weighted by atomic mass is 10.4. The zero-order valence-corrected chi connectivity index (χ0v) is 8.45. The highest BCUT2D eigenvalue weighted by Crippen LogP contribution is 1.94. The standard InChI is InChI=1S/C8H11N7O/c9-11-8(16)7-6-15(13-12-7)5-4-14-3-1-2-10-14/h1-3,6H,4-5,9H2,(H,11,16). The highest BCUT2D eigenvalue weighted by molar-refractivity contribution is 5.91. The minimum absolute atomic E-state index is 0.197. The van der Waals surface area contributed by atoms with Gasteiger partial charge in [0.25, 0.3) is 5.91 Å². The lowest BCUT2D eigenvalue weighted by Gasteiger charge is -2.00. The molecule has 8 heteroatoms. The van der Waals surface area contributed by atoms with Crippen molar-refractivity contribution < 1.29 is 4.79 Å². The van der Waals surface area contributed by atoms with E-state index in [1.54, 1.807) is 15.6 Å². The fraction of sp³-hybridized carbons (Fsp3) is 0.250. The molecule has 8 nitrogen and oxygen atoms in total. The van der Waals surface area contributed by atoms with E-state index >= 15 is 0 Å². The van der Waals surface area contributed by atoms with Crippen molar-refractivity contribution in [2.45, 2.75) is 13.1 Å². The highest BCUT2D eigenvalue weighted by atomic mass is 16.2. The molecule has 1 amide bonds. The molecule has 0 spiro atoms. The predicted octanol–water partition coefficient (Wildman–Crippen LogP) is -1.22. The fourth-order valence-electron chi connectivity index (χ4n) is 1.22. The van der Waals surface area contributed by atoms with Gasteiger partial charge in [0.1, 0.15) is 0 Å². The number of hydrazine groups is 1. The largest absolute Gasteiger partial charge is 0.289 e. The maximum atomic E-state index is 11.1. The van der Waals surface area contributed by atoms with E-state index in [1.807, 2.05) is 17.7 Å². The number of nitrogens with zero attached hydrogens (tertiary/aromatic N) is 5. The zero-order chi connectivity index (χ0) is 11.4. The van der Waals surface area contributed by atoms with E-state index in [0.29, 0.717) is 13.1 Å². The van der Waals surface area contributed by atoms with Crippen LogP contribution in [0, 0.1) is 0 Å². The van der Waals surface area contributed by atoms with Gasteiger partial charge >= 0.3 is 0 Å². The number of hydrogen-bond donors (Lipinski definition) is 2. The topological polar surface area (TPSA) is 104 Å². The highest BCUT2D eigenvalue weighted by Gasteiger charge is 2.08. The third kappa shape index (κ3) is 2.23. The van der Waals surface area contributed by atoms with Crippen LogP contribution in [0.4, 0.5) is 0 Å². The summed E-state index contributed by atoms with van der Waals surface area (Å²) in [7, 11) is 0. The van der Waals surface area contributed by atoms with Gasteiger partial charge in [-0.3, -0.25) is 14.9 Å². The van der Waals surface area contributed by atoms with Crippen molar-refractivity contribution in [1.29, 1.82) is 0 Å². The van der Waals surface area contributed by atoms with Crippen molar-refractivity contribution in [1.82, 2.24) is 30.2 Å². The van der Waals surface area contributed by atoms with E-state index in [0.717, 1.165) is 0 Å². The first kappa shape index (κ1) is 10.3. The number of rotatable bonds is 4. The lowest BCUT2D eigenvalue weighted by molar-refractivity contribution is 0.0948. The summed E-state index contributed by atoms with van der Waals surface area (Å²) in [4.78, 5) is 11.1. The molecule has 3 N–H and O–H groups in total. The van der Waals surface area contributed by atoms with Crippen LogP contribution in [0.1, 0.15) is 10.5 Å². The molecule has 2 heterocycles. The second-order valence-corrected chi connectivity index (χ2v) is 3.11. The molecule has 0 atom stereocenters. The normalized spacial score (nSPS) is 10.3.